The lowest BCUT2D eigenvalue weighted by Crippen LogP contribution is -2.50. The van der Waals surface area contributed by atoms with Crippen molar-refractivity contribution in [2.24, 2.45) is 0 Å². The minimum Gasteiger partial charge on any atom is -0.477 e. The van der Waals surface area contributed by atoms with Gasteiger partial charge in [-0.25, -0.2) is 4.79 Å². The van der Waals surface area contributed by atoms with Crippen LogP contribution in [-0.2, 0) is 28.6 Å². The zero-order valence-electron chi connectivity index (χ0n) is 29.1. The summed E-state index contributed by atoms with van der Waals surface area (Å²) in [6.45, 7) is 4.45. The molecule has 0 rings (SSSR count). The maximum atomic E-state index is 12.5. The van der Waals surface area contributed by atoms with Crippen molar-refractivity contribution < 1.29 is 38.2 Å². The standard InChI is InChI=1S/C37H63NO7/c1-6-8-10-12-14-16-17-18-19-20-22-23-25-27-35(39)44-32-33(31-43-30-29-34(37(41)42)38(3,4)5)45-36(40)28-26-24-21-15-13-11-9-7-2/h8,10,12,14,16-17,21,24,33-34H,6-7,9,11,13,15,18-20,22-23,25-32H2,1-5H3/p+1/b10-8+,14-12+,17-16+,24-21+. The van der Waals surface area contributed by atoms with Crippen molar-refractivity contribution in [3.63, 3.8) is 0 Å². The molecule has 0 amide bonds. The second-order valence-corrected chi connectivity index (χ2v) is 12.4. The first-order chi connectivity index (χ1) is 21.6. The van der Waals surface area contributed by atoms with Crippen LogP contribution in [-0.4, -0.2) is 80.6 Å². The molecular formula is C37H64NO7+. The van der Waals surface area contributed by atoms with Gasteiger partial charge in [0.15, 0.2) is 12.1 Å². The van der Waals surface area contributed by atoms with Crippen LogP contribution in [0, 0.1) is 0 Å². The molecule has 0 aliphatic carbocycles. The van der Waals surface area contributed by atoms with Crippen LogP contribution < -0.4 is 0 Å². The molecule has 0 saturated heterocycles. The number of allylic oxidation sites excluding steroid dienone is 8. The Hall–Kier alpha value is -2.71. The van der Waals surface area contributed by atoms with Gasteiger partial charge in [-0.05, 0) is 44.9 Å². The average molecular weight is 635 g/mol. The molecule has 0 bridgehead atoms. The number of quaternary nitrogens is 1. The fraction of sp³-hybridized carbons (Fsp3) is 0.703. The third kappa shape index (κ3) is 27.3. The predicted molar refractivity (Wildman–Crippen MR) is 183 cm³/mol. The molecule has 1 N–H and O–H groups in total. The van der Waals surface area contributed by atoms with E-state index in [1.54, 1.807) is 0 Å². The number of esters is 2. The Balaban J connectivity index is 4.52. The van der Waals surface area contributed by atoms with Gasteiger partial charge in [-0.15, -0.1) is 0 Å². The molecule has 2 atom stereocenters. The molecule has 258 valence electrons. The molecule has 0 heterocycles. The zero-order valence-corrected chi connectivity index (χ0v) is 29.1. The summed E-state index contributed by atoms with van der Waals surface area (Å²) in [4.78, 5) is 36.5. The van der Waals surface area contributed by atoms with E-state index in [1.165, 1.54) is 19.3 Å². The molecule has 8 nitrogen and oxygen atoms in total. The van der Waals surface area contributed by atoms with Gasteiger partial charge in [0.1, 0.15) is 6.61 Å². The van der Waals surface area contributed by atoms with Crippen LogP contribution in [0.15, 0.2) is 48.6 Å². The number of carbonyl (C=O) groups excluding carboxylic acids is 2. The molecule has 0 radical (unpaired) electrons. The van der Waals surface area contributed by atoms with E-state index in [0.29, 0.717) is 19.3 Å². The molecular weight excluding hydrogens is 570 g/mol. The second-order valence-electron chi connectivity index (χ2n) is 12.4. The van der Waals surface area contributed by atoms with E-state index in [2.05, 4.69) is 44.2 Å². The second kappa shape index (κ2) is 28.7. The fourth-order valence-corrected chi connectivity index (χ4v) is 4.58. The Labute approximate surface area is 274 Å². The minimum atomic E-state index is -0.887. The Morgan fingerprint density at radius 2 is 1.31 bits per heavy atom. The van der Waals surface area contributed by atoms with Crippen LogP contribution in [0.3, 0.4) is 0 Å². The van der Waals surface area contributed by atoms with E-state index < -0.39 is 18.1 Å². The molecule has 0 aromatic heterocycles. The summed E-state index contributed by atoms with van der Waals surface area (Å²) in [5, 5.41) is 9.54. The fourth-order valence-electron chi connectivity index (χ4n) is 4.58. The number of ether oxygens (including phenoxy) is 3. The van der Waals surface area contributed by atoms with E-state index in [0.717, 1.165) is 57.8 Å². The molecule has 2 unspecified atom stereocenters. The third-order valence-electron chi connectivity index (χ3n) is 7.29. The summed E-state index contributed by atoms with van der Waals surface area (Å²) in [6, 6.07) is -0.621. The van der Waals surface area contributed by atoms with Gasteiger partial charge in [-0.3, -0.25) is 9.59 Å². The van der Waals surface area contributed by atoms with Crippen molar-refractivity contribution >= 4 is 17.9 Å². The van der Waals surface area contributed by atoms with Gasteiger partial charge in [0, 0.05) is 19.3 Å². The highest BCUT2D eigenvalue weighted by molar-refractivity contribution is 5.72. The Bertz CT molecular complexity index is 886. The van der Waals surface area contributed by atoms with Gasteiger partial charge in [-0.1, -0.05) is 101 Å². The molecule has 0 aromatic rings. The molecule has 0 aromatic carbocycles. The van der Waals surface area contributed by atoms with Crippen LogP contribution in [0.2, 0.25) is 0 Å². The number of nitrogens with zero attached hydrogens (tertiary/aromatic N) is 1. The van der Waals surface area contributed by atoms with Crippen molar-refractivity contribution in [2.75, 3.05) is 41.0 Å². The molecule has 8 heteroatoms. The first kappa shape index (κ1) is 42.3. The highest BCUT2D eigenvalue weighted by atomic mass is 16.6. The van der Waals surface area contributed by atoms with Crippen molar-refractivity contribution in [1.82, 2.24) is 0 Å². The van der Waals surface area contributed by atoms with E-state index in [1.807, 2.05) is 39.4 Å². The van der Waals surface area contributed by atoms with Gasteiger partial charge in [0.25, 0.3) is 0 Å². The first-order valence-electron chi connectivity index (χ1n) is 17.2. The summed E-state index contributed by atoms with van der Waals surface area (Å²) in [5.41, 5.74) is 0. The number of likely N-dealkylation sites (N-methyl/N-ethyl adjacent to an activating group) is 1. The molecule has 0 fully saturated rings. The zero-order chi connectivity index (χ0) is 33.6. The first-order valence-corrected chi connectivity index (χ1v) is 17.2. The van der Waals surface area contributed by atoms with Crippen molar-refractivity contribution in [3.05, 3.63) is 48.6 Å². The van der Waals surface area contributed by atoms with Crippen LogP contribution in [0.1, 0.15) is 117 Å². The minimum absolute atomic E-state index is 0.0372. The van der Waals surface area contributed by atoms with Gasteiger partial charge >= 0.3 is 17.9 Å². The SMILES string of the molecule is CC/C=C/C=C/C=C/CCCCCCCC(=O)OCC(COCCC(C(=O)O)[N+](C)(C)C)OC(=O)CC/C=C/CCCCCC. The molecule has 0 saturated carbocycles. The Kier molecular flexibility index (Phi) is 27.0. The van der Waals surface area contributed by atoms with Crippen molar-refractivity contribution in [2.45, 2.75) is 129 Å². The Morgan fingerprint density at radius 1 is 0.689 bits per heavy atom. The molecule has 0 aliphatic heterocycles. The van der Waals surface area contributed by atoms with E-state index >= 15 is 0 Å². The van der Waals surface area contributed by atoms with Gasteiger partial charge in [-0.2, -0.15) is 0 Å². The van der Waals surface area contributed by atoms with Crippen LogP contribution in [0.5, 0.6) is 0 Å². The van der Waals surface area contributed by atoms with E-state index in [-0.39, 0.29) is 42.7 Å². The van der Waals surface area contributed by atoms with E-state index in [9.17, 15) is 19.5 Å². The molecule has 0 spiro atoms. The van der Waals surface area contributed by atoms with Crippen molar-refractivity contribution in [3.8, 4) is 0 Å². The average Bonchev–Trinajstić information content (AvgIpc) is 2.98. The van der Waals surface area contributed by atoms with E-state index in [4.69, 9.17) is 14.2 Å². The predicted octanol–water partition coefficient (Wildman–Crippen LogP) is 8.12. The molecule has 45 heavy (non-hydrogen) atoms. The number of aliphatic carboxylic acids is 1. The number of carbonyl (C=O) groups is 3. The van der Waals surface area contributed by atoms with Gasteiger partial charge in [0.2, 0.25) is 0 Å². The Morgan fingerprint density at radius 3 is 1.98 bits per heavy atom. The lowest BCUT2D eigenvalue weighted by Gasteiger charge is -2.31. The lowest BCUT2D eigenvalue weighted by molar-refractivity contribution is -0.887. The number of carboxylic acid groups (broad SMARTS) is 1. The van der Waals surface area contributed by atoms with Crippen LogP contribution in [0.4, 0.5) is 0 Å². The van der Waals surface area contributed by atoms with Crippen LogP contribution in [0.25, 0.3) is 0 Å². The summed E-state index contributed by atoms with van der Waals surface area (Å²) < 4.78 is 17.0. The lowest BCUT2D eigenvalue weighted by atomic mass is 10.1. The maximum Gasteiger partial charge on any atom is 0.362 e. The highest BCUT2D eigenvalue weighted by Crippen LogP contribution is 2.11. The maximum absolute atomic E-state index is 12.5. The van der Waals surface area contributed by atoms with Gasteiger partial charge in [0.05, 0.1) is 34.4 Å². The largest absolute Gasteiger partial charge is 0.477 e. The van der Waals surface area contributed by atoms with Crippen molar-refractivity contribution in [1.29, 1.82) is 0 Å². The summed E-state index contributed by atoms with van der Waals surface area (Å²) in [5.74, 6) is -1.57. The topological polar surface area (TPSA) is 99.1 Å². The monoisotopic (exact) mass is 634 g/mol. The van der Waals surface area contributed by atoms with Crippen LogP contribution >= 0.6 is 0 Å². The normalized spacial score (nSPS) is 13.7. The third-order valence-corrected chi connectivity index (χ3v) is 7.29. The summed E-state index contributed by atoms with van der Waals surface area (Å²) in [6.07, 6.45) is 30.4. The molecule has 0 aliphatic rings. The summed E-state index contributed by atoms with van der Waals surface area (Å²) in [7, 11) is 5.48. The summed E-state index contributed by atoms with van der Waals surface area (Å²) >= 11 is 0. The number of hydrogen-bond acceptors (Lipinski definition) is 6. The van der Waals surface area contributed by atoms with Gasteiger partial charge < -0.3 is 23.8 Å². The number of rotatable bonds is 29. The number of hydrogen-bond donors (Lipinski definition) is 1. The number of carboxylic acids is 1. The number of unbranched alkanes of at least 4 members (excludes halogenated alkanes) is 9. The smallest absolute Gasteiger partial charge is 0.362 e. The quantitative estimate of drug-likeness (QED) is 0.0292. The highest BCUT2D eigenvalue weighted by Gasteiger charge is 2.31.